The molecule has 2 atom stereocenters. The van der Waals surface area contributed by atoms with Crippen molar-refractivity contribution in [3.8, 4) is 16.9 Å². The van der Waals surface area contributed by atoms with Gasteiger partial charge in [-0.05, 0) is 87.1 Å². The topological polar surface area (TPSA) is 27.3 Å². The molecule has 0 saturated carbocycles. The number of benzene rings is 3. The van der Waals surface area contributed by atoms with Crippen molar-refractivity contribution < 1.29 is 9.15 Å². The third-order valence-corrected chi connectivity index (χ3v) is 8.88. The van der Waals surface area contributed by atoms with Gasteiger partial charge < -0.3 is 9.15 Å². The molecule has 3 aromatic carbocycles. The number of rotatable bonds is 5. The normalized spacial score (nSPS) is 18.5. The van der Waals surface area contributed by atoms with Gasteiger partial charge in [0.2, 0.25) is 5.71 Å². The van der Waals surface area contributed by atoms with E-state index >= 15 is 0 Å². The van der Waals surface area contributed by atoms with Crippen LogP contribution < -0.4 is 4.74 Å². The van der Waals surface area contributed by atoms with Crippen LogP contribution in [0.1, 0.15) is 60.6 Å². The van der Waals surface area contributed by atoms with Crippen molar-refractivity contribution in [2.75, 3.05) is 0 Å². The third kappa shape index (κ3) is 4.11. The first-order valence-electron chi connectivity index (χ1n) is 14.5. The van der Waals surface area contributed by atoms with Crippen LogP contribution in [0.15, 0.2) is 102 Å². The Bertz CT molecular complexity index is 1940. The van der Waals surface area contributed by atoms with E-state index in [0.717, 1.165) is 51.8 Å². The lowest BCUT2D eigenvalue weighted by Crippen LogP contribution is -2.16. The Morgan fingerprint density at radius 1 is 0.902 bits per heavy atom. The highest BCUT2D eigenvalue weighted by Gasteiger charge is 2.33. The van der Waals surface area contributed by atoms with Crippen molar-refractivity contribution in [2.45, 2.75) is 52.6 Å². The molecule has 3 nitrogen and oxygen atoms in total. The van der Waals surface area contributed by atoms with E-state index in [4.69, 9.17) is 9.15 Å². The predicted octanol–water partition coefficient (Wildman–Crippen LogP) is 10.4. The van der Waals surface area contributed by atoms with Crippen LogP contribution in [0, 0.1) is 13.8 Å². The van der Waals surface area contributed by atoms with Crippen LogP contribution in [-0.4, -0.2) is 10.7 Å². The molecule has 0 fully saturated rings. The van der Waals surface area contributed by atoms with E-state index < -0.39 is 0 Å². The number of aryl methyl sites for hydroxylation is 1. The Morgan fingerprint density at radius 3 is 2.49 bits per heavy atom. The van der Waals surface area contributed by atoms with Crippen molar-refractivity contribution in [1.82, 2.24) is 4.57 Å². The van der Waals surface area contributed by atoms with Gasteiger partial charge in [-0.1, -0.05) is 78.9 Å². The lowest BCUT2D eigenvalue weighted by atomic mass is 9.86. The van der Waals surface area contributed by atoms with Gasteiger partial charge in [-0.3, -0.25) is 4.57 Å². The van der Waals surface area contributed by atoms with Crippen molar-refractivity contribution in [3.63, 3.8) is 0 Å². The van der Waals surface area contributed by atoms with E-state index in [1.807, 2.05) is 12.2 Å². The number of furan rings is 1. The number of ether oxygens (including phenoxy) is 1. The summed E-state index contributed by atoms with van der Waals surface area (Å²) in [5, 5.41) is 2.28. The molecule has 1 aliphatic heterocycles. The zero-order valence-corrected chi connectivity index (χ0v) is 24.2. The van der Waals surface area contributed by atoms with Crippen LogP contribution in [0.25, 0.3) is 45.0 Å². The van der Waals surface area contributed by atoms with Crippen LogP contribution in [0.2, 0.25) is 0 Å². The smallest absolute Gasteiger partial charge is 0.213 e. The summed E-state index contributed by atoms with van der Waals surface area (Å²) in [7, 11) is 0. The van der Waals surface area contributed by atoms with Gasteiger partial charge in [0.25, 0.3) is 0 Å². The minimum absolute atomic E-state index is 0.0904. The molecule has 2 aliphatic rings. The Balaban J connectivity index is 1.33. The van der Waals surface area contributed by atoms with E-state index in [1.54, 1.807) is 0 Å². The van der Waals surface area contributed by atoms with Gasteiger partial charge in [0, 0.05) is 33.8 Å². The summed E-state index contributed by atoms with van der Waals surface area (Å²) < 4.78 is 15.4. The van der Waals surface area contributed by atoms with Gasteiger partial charge in [0.05, 0.1) is 5.39 Å². The lowest BCUT2D eigenvalue weighted by molar-refractivity contribution is 0.238. The van der Waals surface area contributed by atoms with E-state index in [1.165, 1.54) is 39.2 Å². The second-order valence-electron chi connectivity index (χ2n) is 11.5. The van der Waals surface area contributed by atoms with Crippen molar-refractivity contribution >= 4 is 33.8 Å². The summed E-state index contributed by atoms with van der Waals surface area (Å²) in [6.07, 6.45) is 12.6. The summed E-state index contributed by atoms with van der Waals surface area (Å²) in [4.78, 5) is 0. The second-order valence-corrected chi connectivity index (χ2v) is 11.5. The van der Waals surface area contributed by atoms with Gasteiger partial charge in [-0.2, -0.15) is 0 Å². The SMILES string of the molecule is C=C/C=C\c1c(C)n(C2=CC=C(C)CC2)c2oc3cc(-c4ccc5c(c4)OC(C)C5c4ccccc4C)ccc3c12. The summed E-state index contributed by atoms with van der Waals surface area (Å²) in [5.41, 5.74) is 13.0. The maximum atomic E-state index is 6.68. The molecule has 0 bridgehead atoms. The van der Waals surface area contributed by atoms with E-state index in [9.17, 15) is 0 Å². The van der Waals surface area contributed by atoms with E-state index in [-0.39, 0.29) is 12.0 Å². The van der Waals surface area contributed by atoms with Crippen molar-refractivity contribution in [3.05, 3.63) is 125 Å². The molecule has 0 amide bonds. The maximum absolute atomic E-state index is 6.68. The summed E-state index contributed by atoms with van der Waals surface area (Å²) in [6.45, 7) is 12.6. The molecule has 0 saturated heterocycles. The first kappa shape index (κ1) is 25.5. The fourth-order valence-corrected chi connectivity index (χ4v) is 6.72. The van der Waals surface area contributed by atoms with Gasteiger partial charge in [-0.25, -0.2) is 0 Å². The lowest BCUT2D eigenvalue weighted by Gasteiger charge is -2.17. The molecule has 0 N–H and O–H groups in total. The molecular weight excluding hydrogens is 502 g/mol. The number of hydrogen-bond donors (Lipinski definition) is 0. The van der Waals surface area contributed by atoms with Crippen LogP contribution >= 0.6 is 0 Å². The quantitative estimate of drug-likeness (QED) is 0.209. The third-order valence-electron chi connectivity index (χ3n) is 8.88. The molecule has 0 spiro atoms. The average Bonchev–Trinajstić information content (AvgIpc) is 3.59. The molecule has 2 aromatic heterocycles. The fraction of sp³-hybridized carbons (Fsp3) is 0.211. The zero-order chi connectivity index (χ0) is 28.2. The molecular formula is C38H35NO2. The van der Waals surface area contributed by atoms with Gasteiger partial charge in [-0.15, -0.1) is 0 Å². The molecule has 1 aliphatic carbocycles. The number of fused-ring (bicyclic) bond motifs is 4. The predicted molar refractivity (Wildman–Crippen MR) is 171 cm³/mol. The molecule has 3 heteroatoms. The molecule has 2 unspecified atom stereocenters. The molecule has 7 rings (SSSR count). The Kier molecular flexibility index (Phi) is 6.12. The Hall–Kier alpha value is -4.50. The largest absolute Gasteiger partial charge is 0.489 e. The Labute approximate surface area is 241 Å². The van der Waals surface area contributed by atoms with E-state index in [0.29, 0.717) is 0 Å². The monoisotopic (exact) mass is 537 g/mol. The molecule has 204 valence electrons. The molecule has 3 heterocycles. The standard InChI is InChI=1S/C38H35NO2/c1-6-7-11-31-25(4)39(29-17-13-23(2)14-18-29)38-37(31)33-20-16-28(22-35(33)41-38)27-15-19-32-34(21-27)40-26(5)36(32)30-12-9-8-10-24(30)3/h6-13,15-17,19-22,26,36H,1,14,18H2,2-5H3/b11-7-. The molecule has 5 aromatic rings. The van der Waals surface area contributed by atoms with E-state index in [2.05, 4.69) is 118 Å². The number of hydrogen-bond acceptors (Lipinski definition) is 2. The summed E-state index contributed by atoms with van der Waals surface area (Å²) >= 11 is 0. The van der Waals surface area contributed by atoms with Crippen LogP contribution in [0.5, 0.6) is 5.75 Å². The first-order chi connectivity index (χ1) is 19.9. The zero-order valence-electron chi connectivity index (χ0n) is 24.2. The number of allylic oxidation sites excluding steroid dienone is 6. The maximum Gasteiger partial charge on any atom is 0.213 e. The summed E-state index contributed by atoms with van der Waals surface area (Å²) in [6, 6.07) is 21.9. The minimum Gasteiger partial charge on any atom is -0.489 e. The molecule has 41 heavy (non-hydrogen) atoms. The minimum atomic E-state index is 0.0904. The summed E-state index contributed by atoms with van der Waals surface area (Å²) in [5.74, 6) is 1.21. The van der Waals surface area contributed by atoms with Gasteiger partial charge >= 0.3 is 0 Å². The number of aromatic nitrogens is 1. The highest BCUT2D eigenvalue weighted by molar-refractivity contribution is 6.11. The fourth-order valence-electron chi connectivity index (χ4n) is 6.72. The van der Waals surface area contributed by atoms with Crippen LogP contribution in [-0.2, 0) is 0 Å². The molecule has 0 radical (unpaired) electrons. The van der Waals surface area contributed by atoms with Crippen molar-refractivity contribution in [1.29, 1.82) is 0 Å². The first-order valence-corrected chi connectivity index (χ1v) is 14.5. The average molecular weight is 538 g/mol. The van der Waals surface area contributed by atoms with Gasteiger partial charge in [0.1, 0.15) is 17.4 Å². The Morgan fingerprint density at radius 2 is 1.71 bits per heavy atom. The van der Waals surface area contributed by atoms with Crippen LogP contribution in [0.4, 0.5) is 0 Å². The van der Waals surface area contributed by atoms with Crippen LogP contribution in [0.3, 0.4) is 0 Å². The second kappa shape index (κ2) is 9.85. The highest BCUT2D eigenvalue weighted by Crippen LogP contribution is 2.46. The number of nitrogens with zero attached hydrogens (tertiary/aromatic N) is 1. The highest BCUT2D eigenvalue weighted by atomic mass is 16.5. The van der Waals surface area contributed by atoms with Crippen molar-refractivity contribution in [2.24, 2.45) is 0 Å². The van der Waals surface area contributed by atoms with Gasteiger partial charge in [0.15, 0.2) is 0 Å².